The Morgan fingerprint density at radius 2 is 1.93 bits per heavy atom. The summed E-state index contributed by atoms with van der Waals surface area (Å²) in [5.74, 6) is 1.03. The molecule has 0 radical (unpaired) electrons. The zero-order valence-corrected chi connectivity index (χ0v) is 9.92. The van der Waals surface area contributed by atoms with E-state index < -0.39 is 5.60 Å². The van der Waals surface area contributed by atoms with Gasteiger partial charge in [0.05, 0.1) is 5.60 Å². The highest BCUT2D eigenvalue weighted by Gasteiger charge is 2.22. The molecule has 1 aromatic heterocycles. The molecule has 0 amide bonds. The number of aliphatic hydroxyl groups is 1. The Balaban J connectivity index is 2.61. The molecule has 0 aromatic carbocycles. The Bertz CT molecular complexity index is 315. The van der Waals surface area contributed by atoms with Crippen molar-refractivity contribution in [2.45, 2.75) is 37.3 Å². The van der Waals surface area contributed by atoms with E-state index in [1.54, 1.807) is 12.4 Å². The third kappa shape index (κ3) is 3.35. The van der Waals surface area contributed by atoms with Gasteiger partial charge in [-0.3, -0.25) is 0 Å². The maximum absolute atomic E-state index is 10.1. The van der Waals surface area contributed by atoms with Crippen LogP contribution in [0.25, 0.3) is 0 Å². The van der Waals surface area contributed by atoms with Crippen LogP contribution in [-0.4, -0.2) is 26.4 Å². The van der Waals surface area contributed by atoms with Crippen molar-refractivity contribution in [3.05, 3.63) is 12.4 Å². The molecule has 0 saturated carbocycles. The molecule has 0 aliphatic heterocycles. The van der Waals surface area contributed by atoms with Crippen LogP contribution in [0.5, 0.6) is 0 Å². The van der Waals surface area contributed by atoms with Crippen molar-refractivity contribution < 1.29 is 5.11 Å². The zero-order valence-electron chi connectivity index (χ0n) is 9.10. The van der Waals surface area contributed by atoms with Gasteiger partial charge < -0.3 is 10.8 Å². The molecule has 1 aromatic rings. The SMILES string of the molecule is CCC(O)(CC)CSc1nccnc1N. The lowest BCUT2D eigenvalue weighted by Crippen LogP contribution is -2.29. The summed E-state index contributed by atoms with van der Waals surface area (Å²) < 4.78 is 0. The molecule has 0 fully saturated rings. The number of thioether (sulfide) groups is 1. The molecule has 1 heterocycles. The van der Waals surface area contributed by atoms with Crippen molar-refractivity contribution in [2.75, 3.05) is 11.5 Å². The fraction of sp³-hybridized carbons (Fsp3) is 0.600. The highest BCUT2D eigenvalue weighted by molar-refractivity contribution is 7.99. The van der Waals surface area contributed by atoms with Gasteiger partial charge in [-0.15, -0.1) is 0 Å². The zero-order chi connectivity index (χ0) is 11.3. The van der Waals surface area contributed by atoms with Crippen LogP contribution < -0.4 is 5.73 Å². The summed E-state index contributed by atoms with van der Waals surface area (Å²) in [6.45, 7) is 3.95. The molecule has 0 spiro atoms. The van der Waals surface area contributed by atoms with Crippen LogP contribution in [0.2, 0.25) is 0 Å². The molecule has 5 heteroatoms. The number of rotatable bonds is 5. The van der Waals surface area contributed by atoms with E-state index in [0.29, 0.717) is 16.6 Å². The van der Waals surface area contributed by atoms with Gasteiger partial charge in [0.2, 0.25) is 0 Å². The molecule has 1 rings (SSSR count). The average Bonchev–Trinajstić information content (AvgIpc) is 2.28. The van der Waals surface area contributed by atoms with E-state index in [-0.39, 0.29) is 0 Å². The largest absolute Gasteiger partial charge is 0.389 e. The molecule has 4 nitrogen and oxygen atoms in total. The molecule has 0 bridgehead atoms. The monoisotopic (exact) mass is 227 g/mol. The summed E-state index contributed by atoms with van der Waals surface area (Å²) in [5.41, 5.74) is 5.03. The summed E-state index contributed by atoms with van der Waals surface area (Å²) in [7, 11) is 0. The lowest BCUT2D eigenvalue weighted by atomic mass is 10.0. The molecule has 0 saturated heterocycles. The van der Waals surface area contributed by atoms with Gasteiger partial charge in [0.25, 0.3) is 0 Å². The minimum Gasteiger partial charge on any atom is -0.389 e. The van der Waals surface area contributed by atoms with E-state index in [4.69, 9.17) is 5.73 Å². The molecule has 0 unspecified atom stereocenters. The lowest BCUT2D eigenvalue weighted by molar-refractivity contribution is 0.0571. The van der Waals surface area contributed by atoms with Gasteiger partial charge in [-0.05, 0) is 12.8 Å². The van der Waals surface area contributed by atoms with E-state index in [1.807, 2.05) is 13.8 Å². The Morgan fingerprint density at radius 3 is 2.47 bits per heavy atom. The summed E-state index contributed by atoms with van der Waals surface area (Å²) in [6.07, 6.45) is 4.63. The second-order valence-electron chi connectivity index (χ2n) is 3.47. The van der Waals surface area contributed by atoms with Crippen molar-refractivity contribution >= 4 is 17.6 Å². The number of aromatic nitrogens is 2. The maximum atomic E-state index is 10.1. The van der Waals surface area contributed by atoms with Gasteiger partial charge in [-0.1, -0.05) is 25.6 Å². The molecule has 0 atom stereocenters. The van der Waals surface area contributed by atoms with Gasteiger partial charge in [-0.25, -0.2) is 9.97 Å². The molecular formula is C10H17N3OS. The predicted octanol–water partition coefficient (Wildman–Crippen LogP) is 1.70. The van der Waals surface area contributed by atoms with Crippen LogP contribution in [0.1, 0.15) is 26.7 Å². The van der Waals surface area contributed by atoms with Crippen LogP contribution in [0.3, 0.4) is 0 Å². The minimum absolute atomic E-state index is 0.428. The Labute approximate surface area is 94.3 Å². The molecular weight excluding hydrogens is 210 g/mol. The smallest absolute Gasteiger partial charge is 0.156 e. The van der Waals surface area contributed by atoms with Gasteiger partial charge >= 0.3 is 0 Å². The summed E-state index contributed by atoms with van der Waals surface area (Å²) in [5, 5.41) is 10.8. The third-order valence-corrected chi connectivity index (χ3v) is 3.75. The van der Waals surface area contributed by atoms with Crippen LogP contribution in [-0.2, 0) is 0 Å². The molecule has 3 N–H and O–H groups in total. The van der Waals surface area contributed by atoms with Gasteiger partial charge in [0, 0.05) is 18.1 Å². The summed E-state index contributed by atoms with van der Waals surface area (Å²) in [4.78, 5) is 8.06. The van der Waals surface area contributed by atoms with Crippen molar-refractivity contribution in [3.8, 4) is 0 Å². The maximum Gasteiger partial charge on any atom is 0.156 e. The molecule has 84 valence electrons. The fourth-order valence-corrected chi connectivity index (χ4v) is 2.25. The van der Waals surface area contributed by atoms with Gasteiger partial charge in [-0.2, -0.15) is 0 Å². The Hall–Kier alpha value is -0.810. The normalized spacial score (nSPS) is 11.7. The first-order valence-corrected chi connectivity index (χ1v) is 6.01. The fourth-order valence-electron chi connectivity index (χ4n) is 1.10. The molecule has 0 aliphatic carbocycles. The standard InChI is InChI=1S/C10H17N3OS/c1-3-10(14,4-2)7-15-9-8(11)12-5-6-13-9/h5-6,14H,3-4,7H2,1-2H3,(H2,11,12). The lowest BCUT2D eigenvalue weighted by Gasteiger charge is -2.24. The number of nitrogens with two attached hydrogens (primary N) is 1. The number of hydrogen-bond acceptors (Lipinski definition) is 5. The van der Waals surface area contributed by atoms with Crippen LogP contribution >= 0.6 is 11.8 Å². The van der Waals surface area contributed by atoms with Crippen molar-refractivity contribution in [2.24, 2.45) is 0 Å². The number of nitrogen functional groups attached to an aromatic ring is 1. The first-order valence-electron chi connectivity index (χ1n) is 5.03. The van der Waals surface area contributed by atoms with E-state index in [2.05, 4.69) is 9.97 Å². The van der Waals surface area contributed by atoms with E-state index >= 15 is 0 Å². The number of hydrogen-bond donors (Lipinski definition) is 2. The van der Waals surface area contributed by atoms with Crippen molar-refractivity contribution in [1.82, 2.24) is 9.97 Å². The second-order valence-corrected chi connectivity index (χ2v) is 4.43. The molecule has 15 heavy (non-hydrogen) atoms. The van der Waals surface area contributed by atoms with E-state index in [0.717, 1.165) is 12.8 Å². The van der Waals surface area contributed by atoms with Crippen LogP contribution in [0.15, 0.2) is 17.4 Å². The quantitative estimate of drug-likeness (QED) is 0.749. The second kappa shape index (κ2) is 5.32. The van der Waals surface area contributed by atoms with E-state index in [1.165, 1.54) is 11.8 Å². The van der Waals surface area contributed by atoms with Gasteiger partial charge in [0.15, 0.2) is 5.82 Å². The first kappa shape index (κ1) is 12.3. The average molecular weight is 227 g/mol. The topological polar surface area (TPSA) is 72.0 Å². The highest BCUT2D eigenvalue weighted by atomic mass is 32.2. The predicted molar refractivity (Wildman–Crippen MR) is 62.7 cm³/mol. The third-order valence-electron chi connectivity index (χ3n) is 2.48. The summed E-state index contributed by atoms with van der Waals surface area (Å²) in [6, 6.07) is 0. The number of anilines is 1. The highest BCUT2D eigenvalue weighted by Crippen LogP contribution is 2.27. The summed E-state index contributed by atoms with van der Waals surface area (Å²) >= 11 is 1.45. The Kier molecular flexibility index (Phi) is 4.35. The van der Waals surface area contributed by atoms with Crippen LogP contribution in [0, 0.1) is 0 Å². The van der Waals surface area contributed by atoms with E-state index in [9.17, 15) is 5.11 Å². The van der Waals surface area contributed by atoms with Gasteiger partial charge in [0.1, 0.15) is 5.03 Å². The van der Waals surface area contributed by atoms with Crippen LogP contribution in [0.4, 0.5) is 5.82 Å². The Morgan fingerprint density at radius 1 is 1.33 bits per heavy atom. The molecule has 0 aliphatic rings. The van der Waals surface area contributed by atoms with Crippen molar-refractivity contribution in [3.63, 3.8) is 0 Å². The minimum atomic E-state index is -0.630. The van der Waals surface area contributed by atoms with Crippen molar-refractivity contribution in [1.29, 1.82) is 0 Å². The first-order chi connectivity index (χ1) is 7.11. The number of nitrogens with zero attached hydrogens (tertiary/aromatic N) is 2.